The van der Waals surface area contributed by atoms with Crippen molar-refractivity contribution < 1.29 is 18.0 Å². The van der Waals surface area contributed by atoms with Crippen LogP contribution in [-0.4, -0.2) is 56.2 Å². The Kier molecular flexibility index (Phi) is 6.96. The lowest BCUT2D eigenvalue weighted by atomic mass is 9.87. The number of nitrogens with one attached hydrogen (secondary N) is 2. The number of halogens is 3. The lowest BCUT2D eigenvalue weighted by molar-refractivity contribution is -0.157. The van der Waals surface area contributed by atoms with Crippen molar-refractivity contribution in [1.82, 2.24) is 15.5 Å². The molecule has 22 heavy (non-hydrogen) atoms. The SMILES string of the molecule is CN=C(NCC(=O)N(C)CC(F)(F)F)NC1CCC(C)CC1. The summed E-state index contributed by atoms with van der Waals surface area (Å²) >= 11 is 0. The van der Waals surface area contributed by atoms with Crippen molar-refractivity contribution in [2.45, 2.75) is 44.8 Å². The molecule has 0 aliphatic heterocycles. The van der Waals surface area contributed by atoms with Crippen molar-refractivity contribution in [3.8, 4) is 0 Å². The van der Waals surface area contributed by atoms with Crippen LogP contribution in [0.25, 0.3) is 0 Å². The Bertz CT molecular complexity index is 390. The van der Waals surface area contributed by atoms with Crippen LogP contribution in [0, 0.1) is 5.92 Å². The largest absolute Gasteiger partial charge is 0.406 e. The average molecular weight is 322 g/mol. The zero-order valence-corrected chi connectivity index (χ0v) is 13.3. The van der Waals surface area contributed by atoms with Gasteiger partial charge in [-0.25, -0.2) is 0 Å². The van der Waals surface area contributed by atoms with Crippen LogP contribution in [0.15, 0.2) is 4.99 Å². The molecule has 0 atom stereocenters. The molecule has 0 saturated heterocycles. The van der Waals surface area contributed by atoms with Gasteiger partial charge in [-0.1, -0.05) is 6.92 Å². The number of hydrogen-bond acceptors (Lipinski definition) is 2. The predicted molar refractivity (Wildman–Crippen MR) is 79.6 cm³/mol. The van der Waals surface area contributed by atoms with Gasteiger partial charge in [0, 0.05) is 20.1 Å². The van der Waals surface area contributed by atoms with Crippen LogP contribution in [0.2, 0.25) is 0 Å². The number of guanidine groups is 1. The second-order valence-corrected chi connectivity index (χ2v) is 5.89. The lowest BCUT2D eigenvalue weighted by Crippen LogP contribution is -2.48. The summed E-state index contributed by atoms with van der Waals surface area (Å²) in [4.78, 5) is 16.3. The Morgan fingerprint density at radius 1 is 1.27 bits per heavy atom. The van der Waals surface area contributed by atoms with E-state index >= 15 is 0 Å². The zero-order valence-electron chi connectivity index (χ0n) is 13.3. The van der Waals surface area contributed by atoms with E-state index in [9.17, 15) is 18.0 Å². The summed E-state index contributed by atoms with van der Waals surface area (Å²) in [5.41, 5.74) is 0. The standard InChI is InChI=1S/C14H25F3N4O/c1-10-4-6-11(7-5-10)20-13(18-2)19-8-12(22)21(3)9-14(15,16)17/h10-11H,4-9H2,1-3H3,(H2,18,19,20). The molecule has 1 aliphatic carbocycles. The predicted octanol–water partition coefficient (Wildman–Crippen LogP) is 1.75. The van der Waals surface area contributed by atoms with Gasteiger partial charge in [0.1, 0.15) is 6.54 Å². The molecule has 0 aromatic rings. The van der Waals surface area contributed by atoms with E-state index in [1.165, 1.54) is 0 Å². The van der Waals surface area contributed by atoms with Gasteiger partial charge in [-0.3, -0.25) is 9.79 Å². The van der Waals surface area contributed by atoms with Gasteiger partial charge in [-0.05, 0) is 31.6 Å². The molecule has 0 spiro atoms. The number of carbonyl (C=O) groups is 1. The first-order valence-corrected chi connectivity index (χ1v) is 7.49. The molecular formula is C14H25F3N4O. The first-order valence-electron chi connectivity index (χ1n) is 7.49. The number of amides is 1. The second-order valence-electron chi connectivity index (χ2n) is 5.89. The van der Waals surface area contributed by atoms with Crippen LogP contribution in [0.3, 0.4) is 0 Å². The zero-order chi connectivity index (χ0) is 16.8. The van der Waals surface area contributed by atoms with E-state index in [-0.39, 0.29) is 6.54 Å². The number of likely N-dealkylation sites (N-methyl/N-ethyl adjacent to an activating group) is 1. The summed E-state index contributed by atoms with van der Waals surface area (Å²) in [6.07, 6.45) is -0.0411. The fraction of sp³-hybridized carbons (Fsp3) is 0.857. The third kappa shape index (κ3) is 7.00. The smallest absolute Gasteiger partial charge is 0.354 e. The van der Waals surface area contributed by atoms with E-state index in [1.54, 1.807) is 7.05 Å². The molecule has 1 rings (SSSR count). The van der Waals surface area contributed by atoms with E-state index in [2.05, 4.69) is 22.5 Å². The number of alkyl halides is 3. The molecule has 1 amide bonds. The summed E-state index contributed by atoms with van der Waals surface area (Å²) in [5.74, 6) is 0.552. The quantitative estimate of drug-likeness (QED) is 0.612. The summed E-state index contributed by atoms with van der Waals surface area (Å²) in [7, 11) is 2.71. The molecule has 0 heterocycles. The molecule has 1 saturated carbocycles. The Balaban J connectivity index is 2.36. The number of carbonyl (C=O) groups excluding carboxylic acids is 1. The van der Waals surface area contributed by atoms with Crippen LogP contribution >= 0.6 is 0 Å². The minimum absolute atomic E-state index is 0.213. The highest BCUT2D eigenvalue weighted by Gasteiger charge is 2.31. The van der Waals surface area contributed by atoms with Gasteiger partial charge in [0.15, 0.2) is 5.96 Å². The molecule has 0 bridgehead atoms. The number of nitrogens with zero attached hydrogens (tertiary/aromatic N) is 2. The van der Waals surface area contributed by atoms with E-state index in [4.69, 9.17) is 0 Å². The van der Waals surface area contributed by atoms with Gasteiger partial charge < -0.3 is 15.5 Å². The van der Waals surface area contributed by atoms with E-state index in [0.29, 0.717) is 16.9 Å². The first-order chi connectivity index (χ1) is 10.2. The molecule has 1 fully saturated rings. The Labute approximate surface area is 129 Å². The monoisotopic (exact) mass is 322 g/mol. The van der Waals surface area contributed by atoms with Gasteiger partial charge in [-0.2, -0.15) is 13.2 Å². The molecule has 0 aromatic carbocycles. The summed E-state index contributed by atoms with van der Waals surface area (Å²) in [6, 6.07) is 0.297. The summed E-state index contributed by atoms with van der Waals surface area (Å²) in [6.45, 7) is 0.758. The molecule has 128 valence electrons. The minimum atomic E-state index is -4.39. The van der Waals surface area contributed by atoms with E-state index < -0.39 is 18.6 Å². The molecule has 8 heteroatoms. The highest BCUT2D eigenvalue weighted by molar-refractivity contribution is 5.86. The number of hydrogen-bond donors (Lipinski definition) is 2. The number of aliphatic imine (C=N–C) groups is 1. The lowest BCUT2D eigenvalue weighted by Gasteiger charge is -2.28. The Hall–Kier alpha value is -1.47. The Morgan fingerprint density at radius 2 is 1.86 bits per heavy atom. The number of rotatable bonds is 4. The van der Waals surface area contributed by atoms with Gasteiger partial charge in [0.05, 0.1) is 6.54 Å². The van der Waals surface area contributed by atoms with Crippen LogP contribution in [-0.2, 0) is 4.79 Å². The Morgan fingerprint density at radius 3 is 2.36 bits per heavy atom. The van der Waals surface area contributed by atoms with E-state index in [0.717, 1.165) is 38.6 Å². The van der Waals surface area contributed by atoms with Crippen molar-refractivity contribution in [2.75, 3.05) is 27.2 Å². The van der Waals surface area contributed by atoms with Gasteiger partial charge in [0.2, 0.25) is 5.91 Å². The minimum Gasteiger partial charge on any atom is -0.354 e. The molecule has 2 N–H and O–H groups in total. The molecule has 1 aliphatic rings. The summed E-state index contributed by atoms with van der Waals surface area (Å²) < 4.78 is 36.7. The third-order valence-corrected chi connectivity index (χ3v) is 3.83. The van der Waals surface area contributed by atoms with Crippen LogP contribution < -0.4 is 10.6 Å². The first kappa shape index (κ1) is 18.6. The fourth-order valence-corrected chi connectivity index (χ4v) is 2.44. The maximum atomic E-state index is 12.2. The van der Waals surface area contributed by atoms with Crippen molar-refractivity contribution in [3.05, 3.63) is 0 Å². The molecule has 5 nitrogen and oxygen atoms in total. The highest BCUT2D eigenvalue weighted by Crippen LogP contribution is 2.23. The maximum absolute atomic E-state index is 12.2. The molecule has 0 radical (unpaired) electrons. The van der Waals surface area contributed by atoms with Crippen LogP contribution in [0.5, 0.6) is 0 Å². The van der Waals surface area contributed by atoms with E-state index in [1.807, 2.05) is 0 Å². The van der Waals surface area contributed by atoms with Crippen molar-refractivity contribution in [3.63, 3.8) is 0 Å². The van der Waals surface area contributed by atoms with Crippen LogP contribution in [0.4, 0.5) is 13.2 Å². The molecule has 0 aromatic heterocycles. The van der Waals surface area contributed by atoms with Crippen molar-refractivity contribution >= 4 is 11.9 Å². The maximum Gasteiger partial charge on any atom is 0.406 e. The van der Waals surface area contributed by atoms with Crippen LogP contribution in [0.1, 0.15) is 32.6 Å². The van der Waals surface area contributed by atoms with Crippen molar-refractivity contribution in [2.24, 2.45) is 10.9 Å². The normalized spacial score (nSPS) is 23.1. The fourth-order valence-electron chi connectivity index (χ4n) is 2.44. The van der Waals surface area contributed by atoms with Crippen molar-refractivity contribution in [1.29, 1.82) is 0 Å². The third-order valence-electron chi connectivity index (χ3n) is 3.83. The van der Waals surface area contributed by atoms with Gasteiger partial charge in [-0.15, -0.1) is 0 Å². The highest BCUT2D eigenvalue weighted by atomic mass is 19.4. The molecular weight excluding hydrogens is 297 g/mol. The van der Waals surface area contributed by atoms with Gasteiger partial charge in [0.25, 0.3) is 0 Å². The van der Waals surface area contributed by atoms with Gasteiger partial charge >= 0.3 is 6.18 Å². The second kappa shape index (κ2) is 8.24. The molecule has 0 unspecified atom stereocenters. The topological polar surface area (TPSA) is 56.7 Å². The average Bonchev–Trinajstić information content (AvgIpc) is 2.43. The summed E-state index contributed by atoms with van der Waals surface area (Å²) in [5, 5.41) is 5.99.